The second kappa shape index (κ2) is 12.5. The molecule has 3 atom stereocenters. The lowest BCUT2D eigenvalue weighted by Crippen LogP contribution is -2.35. The van der Waals surface area contributed by atoms with Crippen molar-refractivity contribution in [1.29, 1.82) is 0 Å². The van der Waals surface area contributed by atoms with Crippen molar-refractivity contribution < 1.29 is 28.6 Å². The number of fused-ring (bicyclic) bond motifs is 1. The van der Waals surface area contributed by atoms with Crippen LogP contribution in [0.4, 0.5) is 10.1 Å². The molecule has 2 aliphatic heterocycles. The number of aliphatic carboxylic acids is 1. The number of carbonyl (C=O) groups is 2. The first kappa shape index (κ1) is 29.6. The second-order valence-electron chi connectivity index (χ2n) is 11.2. The molecule has 3 aromatic rings. The molecule has 1 amide bonds. The molecule has 0 aromatic heterocycles. The van der Waals surface area contributed by atoms with Crippen LogP contribution in [0, 0.1) is 18.7 Å². The van der Waals surface area contributed by atoms with Crippen molar-refractivity contribution in [3.63, 3.8) is 0 Å². The summed E-state index contributed by atoms with van der Waals surface area (Å²) in [4.78, 5) is 28.6. The number of amides is 1. The third-order valence-corrected chi connectivity index (χ3v) is 8.61. The van der Waals surface area contributed by atoms with E-state index in [2.05, 4.69) is 24.4 Å². The largest absolute Gasteiger partial charge is 0.481 e. The van der Waals surface area contributed by atoms with Gasteiger partial charge in [0.15, 0.2) is 11.5 Å². The summed E-state index contributed by atoms with van der Waals surface area (Å²) in [5.74, 6) is -1.38. The highest BCUT2D eigenvalue weighted by Gasteiger charge is 2.48. The Kier molecular flexibility index (Phi) is 8.82. The van der Waals surface area contributed by atoms with E-state index in [0.717, 1.165) is 40.7 Å². The smallest absolute Gasteiger partial charge is 0.309 e. The quantitative estimate of drug-likeness (QED) is 0.291. The van der Waals surface area contributed by atoms with E-state index in [1.54, 1.807) is 0 Å². The van der Waals surface area contributed by atoms with E-state index in [4.69, 9.17) is 9.47 Å². The number of carboxylic acids is 1. The highest BCUT2D eigenvalue weighted by molar-refractivity contribution is 5.94. The summed E-state index contributed by atoms with van der Waals surface area (Å²) in [5.41, 5.74) is 5.90. The van der Waals surface area contributed by atoms with Crippen LogP contribution in [0.1, 0.15) is 72.5 Å². The average Bonchev–Trinajstić information content (AvgIpc) is 3.60. The number of carbonyl (C=O) groups excluding carboxylic acids is 1. The molecule has 0 radical (unpaired) electrons. The first-order chi connectivity index (χ1) is 20.2. The zero-order valence-corrected chi connectivity index (χ0v) is 24.7. The first-order valence-corrected chi connectivity index (χ1v) is 14.8. The van der Waals surface area contributed by atoms with Gasteiger partial charge in [0.25, 0.3) is 0 Å². The van der Waals surface area contributed by atoms with Crippen molar-refractivity contribution in [1.82, 2.24) is 4.90 Å². The van der Waals surface area contributed by atoms with Crippen molar-refractivity contribution in [3.8, 4) is 11.5 Å². The van der Waals surface area contributed by atoms with Crippen LogP contribution in [0.3, 0.4) is 0 Å². The van der Waals surface area contributed by atoms with Crippen molar-refractivity contribution in [2.75, 3.05) is 25.2 Å². The van der Waals surface area contributed by atoms with Crippen LogP contribution in [0.25, 0.3) is 0 Å². The molecule has 2 N–H and O–H groups in total. The van der Waals surface area contributed by atoms with E-state index < -0.39 is 17.9 Å². The van der Waals surface area contributed by atoms with Gasteiger partial charge in [0, 0.05) is 24.2 Å². The maximum atomic E-state index is 14.2. The number of anilines is 1. The van der Waals surface area contributed by atoms with Crippen LogP contribution in [0.15, 0.2) is 48.5 Å². The molecule has 0 spiro atoms. The lowest BCUT2D eigenvalue weighted by molar-refractivity contribution is -0.143. The molecular weight excluding hydrogens is 535 g/mol. The maximum Gasteiger partial charge on any atom is 0.309 e. The zero-order chi connectivity index (χ0) is 30.0. The number of rotatable bonds is 10. The number of hydrogen-bond acceptors (Lipinski definition) is 5. The molecule has 5 rings (SSSR count). The Bertz CT molecular complexity index is 1450. The Balaban J connectivity index is 1.51. The molecule has 1 unspecified atom stereocenters. The lowest BCUT2D eigenvalue weighted by Gasteiger charge is -2.27. The van der Waals surface area contributed by atoms with E-state index in [-0.39, 0.29) is 31.0 Å². The maximum absolute atomic E-state index is 14.2. The molecule has 222 valence electrons. The molecule has 0 bridgehead atoms. The van der Waals surface area contributed by atoms with E-state index >= 15 is 0 Å². The fraction of sp³-hybridized carbons (Fsp3) is 0.412. The van der Waals surface area contributed by atoms with E-state index in [9.17, 15) is 19.1 Å². The Hall–Kier alpha value is -3.91. The predicted octanol–water partition coefficient (Wildman–Crippen LogP) is 6.42. The molecule has 1 saturated heterocycles. The van der Waals surface area contributed by atoms with Crippen LogP contribution in [-0.4, -0.2) is 41.8 Å². The number of ether oxygens (including phenoxy) is 2. The zero-order valence-electron chi connectivity index (χ0n) is 24.7. The van der Waals surface area contributed by atoms with E-state index in [0.29, 0.717) is 36.6 Å². The summed E-state index contributed by atoms with van der Waals surface area (Å²) < 4.78 is 25.5. The third-order valence-electron chi connectivity index (χ3n) is 8.61. The number of benzene rings is 3. The number of nitrogens with zero attached hydrogens (tertiary/aromatic N) is 1. The Labute approximate surface area is 246 Å². The topological polar surface area (TPSA) is 88.1 Å². The summed E-state index contributed by atoms with van der Waals surface area (Å²) in [6.45, 7) is 8.41. The van der Waals surface area contributed by atoms with Crippen LogP contribution >= 0.6 is 0 Å². The molecule has 42 heavy (non-hydrogen) atoms. The number of carboxylic acid groups (broad SMARTS) is 1. The average molecular weight is 575 g/mol. The molecule has 2 aliphatic rings. The fourth-order valence-electron chi connectivity index (χ4n) is 6.61. The van der Waals surface area contributed by atoms with Gasteiger partial charge in [-0.15, -0.1) is 0 Å². The van der Waals surface area contributed by atoms with Gasteiger partial charge in [-0.1, -0.05) is 57.5 Å². The molecule has 1 fully saturated rings. The second-order valence-corrected chi connectivity index (χ2v) is 11.2. The molecule has 7 nitrogen and oxygen atoms in total. The number of halogens is 1. The van der Waals surface area contributed by atoms with Gasteiger partial charge in [0.1, 0.15) is 5.82 Å². The van der Waals surface area contributed by atoms with E-state index in [1.165, 1.54) is 17.7 Å². The Morgan fingerprint density at radius 1 is 1.02 bits per heavy atom. The number of aryl methyl sites for hydroxylation is 3. The van der Waals surface area contributed by atoms with Crippen molar-refractivity contribution >= 4 is 17.6 Å². The molecule has 0 aliphatic carbocycles. The van der Waals surface area contributed by atoms with Gasteiger partial charge < -0.3 is 19.9 Å². The van der Waals surface area contributed by atoms with Crippen LogP contribution in [0.2, 0.25) is 0 Å². The SMILES string of the molecule is CCCc1ccc([C@H]2C(C(=O)O)[C@@H](c3ccc4c(c3C)OCO4)CN2CC(=O)Nc2c(CC)cc(F)cc2CC)cc1. The highest BCUT2D eigenvalue weighted by Crippen LogP contribution is 2.49. The molecule has 2 heterocycles. The van der Waals surface area contributed by atoms with Gasteiger partial charge in [0.05, 0.1) is 12.5 Å². The summed E-state index contributed by atoms with van der Waals surface area (Å²) >= 11 is 0. The number of nitrogens with one attached hydrogen (secondary N) is 1. The van der Waals surface area contributed by atoms with Crippen molar-refractivity contribution in [2.24, 2.45) is 5.92 Å². The first-order valence-electron chi connectivity index (χ1n) is 14.8. The number of likely N-dealkylation sites (tertiary alicyclic amines) is 1. The monoisotopic (exact) mass is 574 g/mol. The molecular formula is C34H39FN2O5. The van der Waals surface area contributed by atoms with Crippen LogP contribution < -0.4 is 14.8 Å². The van der Waals surface area contributed by atoms with Crippen molar-refractivity contribution in [2.45, 2.75) is 65.3 Å². The Morgan fingerprint density at radius 2 is 1.71 bits per heavy atom. The lowest BCUT2D eigenvalue weighted by atomic mass is 9.81. The predicted molar refractivity (Wildman–Crippen MR) is 160 cm³/mol. The minimum atomic E-state index is -0.914. The van der Waals surface area contributed by atoms with Gasteiger partial charge >= 0.3 is 5.97 Å². The van der Waals surface area contributed by atoms with Gasteiger partial charge in [-0.3, -0.25) is 14.5 Å². The van der Waals surface area contributed by atoms with Gasteiger partial charge in [-0.25, -0.2) is 4.39 Å². The minimum absolute atomic E-state index is 0.00502. The molecule has 3 aromatic carbocycles. The Morgan fingerprint density at radius 3 is 2.33 bits per heavy atom. The molecule has 8 heteroatoms. The number of hydrogen-bond donors (Lipinski definition) is 2. The van der Waals surface area contributed by atoms with Gasteiger partial charge in [-0.05, 0) is 77.8 Å². The normalized spacial score (nSPS) is 19.7. The summed E-state index contributed by atoms with van der Waals surface area (Å²) in [5, 5.41) is 13.7. The van der Waals surface area contributed by atoms with Crippen molar-refractivity contribution in [3.05, 3.63) is 87.7 Å². The standard InChI is InChI=1S/C34H39FN2O5/c1-5-8-21-9-11-24(12-10-21)32-30(34(39)40)27(26-13-14-28-33(20(26)4)42-19-41-28)17-37(32)18-29(38)36-31-22(6-2)15-25(35)16-23(31)7-3/h9-16,27,30,32H,5-8,17-19H2,1-4H3,(H,36,38)(H,39,40)/t27-,30?,32+/m1/s1. The fourth-order valence-corrected chi connectivity index (χ4v) is 6.61. The van der Waals surface area contributed by atoms with E-state index in [1.807, 2.05) is 49.9 Å². The third kappa shape index (κ3) is 5.73. The summed E-state index contributed by atoms with van der Waals surface area (Å²) in [6, 6.07) is 14.3. The van der Waals surface area contributed by atoms with Crippen LogP contribution in [0.5, 0.6) is 11.5 Å². The van der Waals surface area contributed by atoms with Crippen LogP contribution in [-0.2, 0) is 28.9 Å². The molecule has 0 saturated carbocycles. The summed E-state index contributed by atoms with van der Waals surface area (Å²) in [7, 11) is 0. The van der Waals surface area contributed by atoms with Gasteiger partial charge in [-0.2, -0.15) is 0 Å². The summed E-state index contributed by atoms with van der Waals surface area (Å²) in [6.07, 6.45) is 3.10. The van der Waals surface area contributed by atoms with Gasteiger partial charge in [0.2, 0.25) is 12.7 Å². The minimum Gasteiger partial charge on any atom is -0.481 e. The highest BCUT2D eigenvalue weighted by atomic mass is 19.1.